The van der Waals surface area contributed by atoms with Crippen LogP contribution in [0.15, 0.2) is 60.9 Å². The normalized spacial score (nSPS) is 15.3. The van der Waals surface area contributed by atoms with E-state index in [4.69, 9.17) is 5.73 Å². The molecule has 1 fully saturated rings. The summed E-state index contributed by atoms with van der Waals surface area (Å²) in [5.41, 5.74) is 7.61. The Bertz CT molecular complexity index is 1800. The van der Waals surface area contributed by atoms with Gasteiger partial charge in [0.25, 0.3) is 0 Å². The van der Waals surface area contributed by atoms with Crippen molar-refractivity contribution in [3.05, 3.63) is 77.1 Å². The average Bonchev–Trinajstić information content (AvgIpc) is 3.35. The summed E-state index contributed by atoms with van der Waals surface area (Å²) in [7, 11) is 0. The molecule has 9 nitrogen and oxygen atoms in total. The third-order valence-corrected chi connectivity index (χ3v) is 8.76. The number of aliphatic hydroxyl groups excluding tert-OH is 1. The molecule has 1 aliphatic rings. The first kappa shape index (κ1) is 28.8. The topological polar surface area (TPSA) is 137 Å². The number of anilines is 2. The Kier molecular flexibility index (Phi) is 7.63. The van der Waals surface area contributed by atoms with Crippen molar-refractivity contribution in [1.82, 2.24) is 20.3 Å². The van der Waals surface area contributed by atoms with Crippen LogP contribution in [0.4, 0.5) is 24.7 Å². The highest BCUT2D eigenvalue weighted by Gasteiger charge is 2.37. The molecule has 4 aromatic heterocycles. The third kappa shape index (κ3) is 5.70. The van der Waals surface area contributed by atoms with Crippen molar-refractivity contribution in [2.24, 2.45) is 0 Å². The summed E-state index contributed by atoms with van der Waals surface area (Å²) >= 11 is 0.639. The lowest BCUT2D eigenvalue weighted by Crippen LogP contribution is -2.44. The SMILES string of the molecule is Nc1c(C(=O)O)sc2nc(N3CCC(NCC(O)c4ccc(-c5cccc6cccnc56)cn4)CC3)cc(C(F)(F)F)c12. The number of nitrogen functional groups attached to an aromatic ring is 1. The first-order valence-electron chi connectivity index (χ1n) is 13.6. The maximum absolute atomic E-state index is 13.9. The van der Waals surface area contributed by atoms with E-state index in [1.54, 1.807) is 23.4 Å². The molecule has 5 aromatic rings. The molecular weight excluding hydrogens is 581 g/mol. The maximum Gasteiger partial charge on any atom is 0.417 e. The van der Waals surface area contributed by atoms with Crippen LogP contribution in [-0.4, -0.2) is 56.8 Å². The van der Waals surface area contributed by atoms with Gasteiger partial charge in [-0.15, -0.1) is 11.3 Å². The fourth-order valence-corrected chi connectivity index (χ4v) is 6.40. The smallest absolute Gasteiger partial charge is 0.417 e. The van der Waals surface area contributed by atoms with E-state index < -0.39 is 29.5 Å². The van der Waals surface area contributed by atoms with Crippen molar-refractivity contribution >= 4 is 49.9 Å². The molecule has 0 amide bonds. The molecule has 1 saturated heterocycles. The van der Waals surface area contributed by atoms with Crippen LogP contribution in [0.5, 0.6) is 0 Å². The van der Waals surface area contributed by atoms with E-state index in [9.17, 15) is 28.2 Å². The molecule has 0 aliphatic carbocycles. The highest BCUT2D eigenvalue weighted by Crippen LogP contribution is 2.43. The largest absolute Gasteiger partial charge is 0.477 e. The first-order chi connectivity index (χ1) is 20.6. The Morgan fingerprint density at radius 2 is 1.91 bits per heavy atom. The molecule has 1 aliphatic heterocycles. The maximum atomic E-state index is 13.9. The van der Waals surface area contributed by atoms with Gasteiger partial charge in [0, 0.05) is 60.0 Å². The van der Waals surface area contributed by atoms with Gasteiger partial charge in [-0.2, -0.15) is 13.2 Å². The number of halogens is 3. The molecule has 0 bridgehead atoms. The van der Waals surface area contributed by atoms with Crippen molar-refractivity contribution in [2.45, 2.75) is 31.2 Å². The average molecular weight is 609 g/mol. The molecule has 13 heteroatoms. The fourth-order valence-electron chi connectivity index (χ4n) is 5.45. The number of alkyl halides is 3. The molecule has 222 valence electrons. The van der Waals surface area contributed by atoms with Gasteiger partial charge < -0.3 is 26.2 Å². The van der Waals surface area contributed by atoms with Gasteiger partial charge in [0.05, 0.1) is 22.5 Å². The summed E-state index contributed by atoms with van der Waals surface area (Å²) < 4.78 is 41.8. The second-order valence-electron chi connectivity index (χ2n) is 10.4. The van der Waals surface area contributed by atoms with E-state index in [0.717, 1.165) is 28.1 Å². The number of aromatic carboxylic acids is 1. The van der Waals surface area contributed by atoms with Crippen molar-refractivity contribution in [1.29, 1.82) is 0 Å². The number of hydrogen-bond donors (Lipinski definition) is 4. The zero-order valence-corrected chi connectivity index (χ0v) is 23.5. The molecule has 1 aromatic carbocycles. The van der Waals surface area contributed by atoms with E-state index in [1.165, 1.54) is 0 Å². The third-order valence-electron chi connectivity index (χ3n) is 7.68. The van der Waals surface area contributed by atoms with Crippen molar-refractivity contribution in [2.75, 3.05) is 30.3 Å². The fraction of sp³-hybridized carbons (Fsp3) is 0.267. The number of fused-ring (bicyclic) bond motifs is 2. The van der Waals surface area contributed by atoms with Crippen LogP contribution >= 0.6 is 11.3 Å². The lowest BCUT2D eigenvalue weighted by atomic mass is 10.0. The Morgan fingerprint density at radius 3 is 2.60 bits per heavy atom. The number of aliphatic hydroxyl groups is 1. The second-order valence-corrected chi connectivity index (χ2v) is 11.4. The number of hydrogen-bond acceptors (Lipinski definition) is 9. The van der Waals surface area contributed by atoms with Gasteiger partial charge in [-0.25, -0.2) is 9.78 Å². The van der Waals surface area contributed by atoms with Gasteiger partial charge >= 0.3 is 12.1 Å². The minimum Gasteiger partial charge on any atom is -0.477 e. The van der Waals surface area contributed by atoms with Gasteiger partial charge in [-0.3, -0.25) is 9.97 Å². The summed E-state index contributed by atoms with van der Waals surface area (Å²) in [5, 5.41) is 24.1. The van der Waals surface area contributed by atoms with Gasteiger partial charge in [0.15, 0.2) is 0 Å². The van der Waals surface area contributed by atoms with Crippen LogP contribution < -0.4 is 16.0 Å². The number of rotatable bonds is 7. The quantitative estimate of drug-likeness (QED) is 0.189. The number of carboxylic acid groups (broad SMARTS) is 1. The highest BCUT2D eigenvalue weighted by atomic mass is 32.1. The van der Waals surface area contributed by atoms with Crippen LogP contribution in [-0.2, 0) is 6.18 Å². The number of nitrogens with one attached hydrogen (secondary N) is 1. The van der Waals surface area contributed by atoms with Crippen molar-refractivity contribution in [3.63, 3.8) is 0 Å². The zero-order chi connectivity index (χ0) is 30.3. The number of carbonyl (C=O) groups is 1. The lowest BCUT2D eigenvalue weighted by molar-refractivity contribution is -0.136. The van der Waals surface area contributed by atoms with E-state index >= 15 is 0 Å². The number of para-hydroxylation sites is 1. The number of carboxylic acids is 1. The van der Waals surface area contributed by atoms with E-state index in [2.05, 4.69) is 20.3 Å². The van der Waals surface area contributed by atoms with E-state index in [1.807, 2.05) is 36.4 Å². The highest BCUT2D eigenvalue weighted by molar-refractivity contribution is 7.21. The Morgan fingerprint density at radius 1 is 1.14 bits per heavy atom. The van der Waals surface area contributed by atoms with Gasteiger partial charge in [0.1, 0.15) is 21.6 Å². The molecule has 0 saturated carbocycles. The number of nitrogens with zero attached hydrogens (tertiary/aromatic N) is 4. The Hall–Kier alpha value is -4.33. The Labute approximate surface area is 247 Å². The van der Waals surface area contributed by atoms with Gasteiger partial charge in [-0.1, -0.05) is 30.3 Å². The van der Waals surface area contributed by atoms with E-state index in [0.29, 0.717) is 43.0 Å². The Balaban J connectivity index is 1.09. The predicted octanol–water partition coefficient (Wildman–Crippen LogP) is 5.50. The summed E-state index contributed by atoms with van der Waals surface area (Å²) in [4.78, 5) is 26.1. The van der Waals surface area contributed by atoms with Crippen LogP contribution in [0.3, 0.4) is 0 Å². The number of aromatic nitrogens is 3. The molecule has 5 heterocycles. The van der Waals surface area contributed by atoms with Crippen molar-refractivity contribution in [3.8, 4) is 11.1 Å². The summed E-state index contributed by atoms with van der Waals surface area (Å²) in [6, 6.07) is 14.5. The monoisotopic (exact) mass is 608 g/mol. The number of benzene rings is 1. The lowest BCUT2D eigenvalue weighted by Gasteiger charge is -2.34. The number of nitrogens with two attached hydrogens (primary N) is 1. The van der Waals surface area contributed by atoms with Crippen LogP contribution in [0.1, 0.15) is 39.9 Å². The molecule has 0 radical (unpaired) electrons. The molecule has 1 atom stereocenters. The number of piperidine rings is 1. The molecule has 1 unspecified atom stereocenters. The predicted molar refractivity (Wildman–Crippen MR) is 159 cm³/mol. The van der Waals surface area contributed by atoms with Crippen LogP contribution in [0, 0.1) is 0 Å². The molecule has 6 rings (SSSR count). The standard InChI is InChI=1S/C30H27F3N6O3S/c31-30(32,33)20-13-23(38-28-24(20)25(34)27(43-28)29(41)42)39-11-8-18(9-12-39)36-15-22(40)21-7-6-17(14-37-21)19-5-1-3-16-4-2-10-35-26(16)19/h1-7,10,13-14,18,22,36,40H,8-9,11-12,15,34H2,(H,41,42). The number of pyridine rings is 3. The van der Waals surface area contributed by atoms with Crippen molar-refractivity contribution < 1.29 is 28.2 Å². The molecular formula is C30H27F3N6O3S. The second kappa shape index (κ2) is 11.4. The molecule has 43 heavy (non-hydrogen) atoms. The zero-order valence-electron chi connectivity index (χ0n) is 22.7. The summed E-state index contributed by atoms with van der Waals surface area (Å²) in [6.07, 6.45) is -0.875. The molecule has 0 spiro atoms. The van der Waals surface area contributed by atoms with Gasteiger partial charge in [0.2, 0.25) is 0 Å². The van der Waals surface area contributed by atoms with Crippen LogP contribution in [0.2, 0.25) is 0 Å². The summed E-state index contributed by atoms with van der Waals surface area (Å²) in [5.74, 6) is -1.26. The first-order valence-corrected chi connectivity index (χ1v) is 14.4. The molecule has 5 N–H and O–H groups in total. The van der Waals surface area contributed by atoms with Gasteiger partial charge in [-0.05, 0) is 31.0 Å². The minimum absolute atomic E-state index is 0.0359. The minimum atomic E-state index is -4.73. The van der Waals surface area contributed by atoms with Crippen LogP contribution in [0.25, 0.3) is 32.2 Å². The van der Waals surface area contributed by atoms with E-state index in [-0.39, 0.29) is 33.5 Å². The number of thiophene rings is 1. The summed E-state index contributed by atoms with van der Waals surface area (Å²) in [6.45, 7) is 1.13.